The molecule has 0 bridgehead atoms. The number of nitrogens with one attached hydrogen (secondary N) is 1. The SMILES string of the molecule is CC1=C(C(C(C)C)C(C)(C)C)NC=CC1. The van der Waals surface area contributed by atoms with Gasteiger partial charge >= 0.3 is 0 Å². The Balaban J connectivity index is 3.00. The van der Waals surface area contributed by atoms with Gasteiger partial charge in [0.2, 0.25) is 0 Å². The molecule has 86 valence electrons. The second kappa shape index (κ2) is 4.42. The van der Waals surface area contributed by atoms with Gasteiger partial charge in [-0.2, -0.15) is 0 Å². The van der Waals surface area contributed by atoms with Crippen LogP contribution in [0.25, 0.3) is 0 Å². The summed E-state index contributed by atoms with van der Waals surface area (Å²) >= 11 is 0. The molecule has 1 aliphatic rings. The van der Waals surface area contributed by atoms with Gasteiger partial charge in [0.25, 0.3) is 0 Å². The van der Waals surface area contributed by atoms with E-state index in [1.807, 2.05) is 0 Å². The maximum atomic E-state index is 3.46. The summed E-state index contributed by atoms with van der Waals surface area (Å²) in [4.78, 5) is 0. The van der Waals surface area contributed by atoms with Crippen LogP contribution < -0.4 is 5.32 Å². The van der Waals surface area contributed by atoms with Crippen LogP contribution in [0.5, 0.6) is 0 Å². The molecule has 1 rings (SSSR count). The van der Waals surface area contributed by atoms with Crippen molar-refractivity contribution in [1.29, 1.82) is 0 Å². The Morgan fingerprint density at radius 3 is 2.27 bits per heavy atom. The van der Waals surface area contributed by atoms with Gasteiger partial charge < -0.3 is 5.32 Å². The number of hydrogen-bond donors (Lipinski definition) is 1. The zero-order chi connectivity index (χ0) is 11.6. The fraction of sp³-hybridized carbons (Fsp3) is 0.714. The third-order valence-electron chi connectivity index (χ3n) is 3.15. The molecule has 0 saturated heterocycles. The minimum atomic E-state index is 0.322. The Kier molecular flexibility index (Phi) is 3.64. The van der Waals surface area contributed by atoms with Crippen LogP contribution in [0, 0.1) is 17.3 Å². The molecular weight excluding hydrogens is 182 g/mol. The fourth-order valence-electron chi connectivity index (χ4n) is 2.74. The Morgan fingerprint density at radius 1 is 1.27 bits per heavy atom. The lowest BCUT2D eigenvalue weighted by atomic mass is 9.71. The van der Waals surface area contributed by atoms with Crippen molar-refractivity contribution in [3.63, 3.8) is 0 Å². The number of dihydropyridines is 1. The van der Waals surface area contributed by atoms with Crippen molar-refractivity contribution in [3.8, 4) is 0 Å². The van der Waals surface area contributed by atoms with Gasteiger partial charge in [-0.3, -0.25) is 0 Å². The molecular formula is C14H25N. The summed E-state index contributed by atoms with van der Waals surface area (Å²) in [6.07, 6.45) is 5.38. The number of hydrogen-bond acceptors (Lipinski definition) is 1. The zero-order valence-corrected chi connectivity index (χ0v) is 11.0. The van der Waals surface area contributed by atoms with E-state index in [-0.39, 0.29) is 0 Å². The van der Waals surface area contributed by atoms with E-state index < -0.39 is 0 Å². The van der Waals surface area contributed by atoms with Gasteiger partial charge in [-0.05, 0) is 36.5 Å². The highest BCUT2D eigenvalue weighted by Crippen LogP contribution is 2.38. The largest absolute Gasteiger partial charge is 0.365 e. The highest BCUT2D eigenvalue weighted by atomic mass is 14.9. The maximum absolute atomic E-state index is 3.46. The molecule has 0 radical (unpaired) electrons. The third kappa shape index (κ3) is 2.87. The van der Waals surface area contributed by atoms with Gasteiger partial charge in [0.15, 0.2) is 0 Å². The van der Waals surface area contributed by atoms with Crippen molar-refractivity contribution >= 4 is 0 Å². The molecule has 0 aromatic carbocycles. The molecule has 15 heavy (non-hydrogen) atoms. The van der Waals surface area contributed by atoms with Gasteiger partial charge in [0.1, 0.15) is 0 Å². The van der Waals surface area contributed by atoms with E-state index in [9.17, 15) is 0 Å². The summed E-state index contributed by atoms with van der Waals surface area (Å²) in [7, 11) is 0. The summed E-state index contributed by atoms with van der Waals surface area (Å²) < 4.78 is 0. The minimum absolute atomic E-state index is 0.322. The molecule has 1 unspecified atom stereocenters. The van der Waals surface area contributed by atoms with Crippen LogP contribution in [-0.2, 0) is 0 Å². The second-order valence-electron chi connectivity index (χ2n) is 6.03. The highest BCUT2D eigenvalue weighted by Gasteiger charge is 2.31. The molecule has 0 amide bonds. The lowest BCUT2D eigenvalue weighted by molar-refractivity contribution is 0.208. The van der Waals surface area contributed by atoms with Crippen molar-refractivity contribution in [3.05, 3.63) is 23.5 Å². The summed E-state index contributed by atoms with van der Waals surface area (Å²) in [5.41, 5.74) is 3.26. The summed E-state index contributed by atoms with van der Waals surface area (Å²) in [5.74, 6) is 1.29. The van der Waals surface area contributed by atoms with E-state index in [2.05, 4.69) is 59.1 Å². The van der Waals surface area contributed by atoms with Gasteiger partial charge in [-0.1, -0.05) is 40.7 Å². The smallest absolute Gasteiger partial charge is 0.0178 e. The van der Waals surface area contributed by atoms with Crippen molar-refractivity contribution in [2.75, 3.05) is 0 Å². The molecule has 0 aromatic heterocycles. The molecule has 0 aromatic rings. The Hall–Kier alpha value is -0.720. The molecule has 0 spiro atoms. The Bertz CT molecular complexity index is 276. The molecule has 1 heteroatoms. The third-order valence-corrected chi connectivity index (χ3v) is 3.15. The molecule has 1 nitrogen and oxygen atoms in total. The first kappa shape index (κ1) is 12.4. The minimum Gasteiger partial charge on any atom is -0.365 e. The van der Waals surface area contributed by atoms with Gasteiger partial charge in [0, 0.05) is 11.6 Å². The summed E-state index contributed by atoms with van der Waals surface area (Å²) in [6.45, 7) is 13.9. The van der Waals surface area contributed by atoms with Crippen LogP contribution in [0.3, 0.4) is 0 Å². The predicted octanol–water partition coefficient (Wildman–Crippen LogP) is 4.09. The van der Waals surface area contributed by atoms with E-state index >= 15 is 0 Å². The fourth-order valence-corrected chi connectivity index (χ4v) is 2.74. The average molecular weight is 207 g/mol. The second-order valence-corrected chi connectivity index (χ2v) is 6.03. The van der Waals surface area contributed by atoms with Crippen LogP contribution in [0.1, 0.15) is 48.0 Å². The van der Waals surface area contributed by atoms with Crippen LogP contribution >= 0.6 is 0 Å². The summed E-state index contributed by atoms with van der Waals surface area (Å²) in [6, 6.07) is 0. The van der Waals surface area contributed by atoms with Gasteiger partial charge in [-0.15, -0.1) is 0 Å². The lowest BCUT2D eigenvalue weighted by Gasteiger charge is -2.38. The van der Waals surface area contributed by atoms with E-state index in [0.717, 1.165) is 6.42 Å². The number of rotatable bonds is 2. The first-order valence-corrected chi connectivity index (χ1v) is 5.95. The van der Waals surface area contributed by atoms with E-state index in [0.29, 0.717) is 17.3 Å². The van der Waals surface area contributed by atoms with Crippen LogP contribution in [-0.4, -0.2) is 0 Å². The van der Waals surface area contributed by atoms with Crippen molar-refractivity contribution in [1.82, 2.24) is 5.32 Å². The average Bonchev–Trinajstić information content (AvgIpc) is 2.05. The Labute approximate surface area is 94.6 Å². The normalized spacial score (nSPS) is 19.4. The molecule has 1 atom stereocenters. The molecule has 1 N–H and O–H groups in total. The van der Waals surface area contributed by atoms with Crippen LogP contribution in [0.4, 0.5) is 0 Å². The standard InChI is InChI=1S/C14H25N/c1-10(2)12(14(4,5)6)13-11(3)8-7-9-15-13/h7,9-10,12,15H,8H2,1-6H3. The molecule has 0 aliphatic carbocycles. The number of allylic oxidation sites excluding steroid dienone is 3. The predicted molar refractivity (Wildman–Crippen MR) is 67.4 cm³/mol. The van der Waals surface area contributed by atoms with E-state index in [1.54, 1.807) is 0 Å². The summed E-state index contributed by atoms with van der Waals surface area (Å²) in [5, 5.41) is 3.46. The van der Waals surface area contributed by atoms with Crippen LogP contribution in [0.15, 0.2) is 23.5 Å². The zero-order valence-electron chi connectivity index (χ0n) is 11.0. The quantitative estimate of drug-likeness (QED) is 0.719. The maximum Gasteiger partial charge on any atom is 0.0178 e. The van der Waals surface area contributed by atoms with Crippen molar-refractivity contribution < 1.29 is 0 Å². The monoisotopic (exact) mass is 207 g/mol. The first-order chi connectivity index (χ1) is 6.84. The van der Waals surface area contributed by atoms with Crippen molar-refractivity contribution in [2.24, 2.45) is 17.3 Å². The van der Waals surface area contributed by atoms with Crippen molar-refractivity contribution in [2.45, 2.75) is 48.0 Å². The van der Waals surface area contributed by atoms with Crippen LogP contribution in [0.2, 0.25) is 0 Å². The lowest BCUT2D eigenvalue weighted by Crippen LogP contribution is -2.33. The highest BCUT2D eigenvalue weighted by molar-refractivity contribution is 5.23. The molecule has 1 heterocycles. The molecule has 1 aliphatic heterocycles. The Morgan fingerprint density at radius 2 is 1.87 bits per heavy atom. The molecule has 0 saturated carbocycles. The van der Waals surface area contributed by atoms with E-state index in [4.69, 9.17) is 0 Å². The van der Waals surface area contributed by atoms with Gasteiger partial charge in [0.05, 0.1) is 0 Å². The van der Waals surface area contributed by atoms with E-state index in [1.165, 1.54) is 11.3 Å². The molecule has 0 fully saturated rings. The van der Waals surface area contributed by atoms with Gasteiger partial charge in [-0.25, -0.2) is 0 Å². The first-order valence-electron chi connectivity index (χ1n) is 5.95. The topological polar surface area (TPSA) is 12.0 Å².